The Kier molecular flexibility index (Phi) is 5.44. The Morgan fingerprint density at radius 2 is 1.90 bits per heavy atom. The summed E-state index contributed by atoms with van der Waals surface area (Å²) in [6.45, 7) is 10.2. The van der Waals surface area contributed by atoms with Gasteiger partial charge in [-0.25, -0.2) is 14.8 Å². The number of nitrogens with one attached hydrogen (secondary N) is 2. The Bertz CT molecular complexity index is 849. The molecular formula is C19H29N7O3. The molecule has 158 valence electrons. The zero-order valence-electron chi connectivity index (χ0n) is 17.3. The van der Waals surface area contributed by atoms with Crippen LogP contribution in [0.25, 0.3) is 11.2 Å². The second-order valence-electron chi connectivity index (χ2n) is 8.46. The summed E-state index contributed by atoms with van der Waals surface area (Å²) < 4.78 is 10.8. The molecule has 4 rings (SSSR count). The van der Waals surface area contributed by atoms with Crippen molar-refractivity contribution in [2.45, 2.75) is 45.3 Å². The van der Waals surface area contributed by atoms with E-state index in [9.17, 15) is 4.79 Å². The Morgan fingerprint density at radius 3 is 2.59 bits per heavy atom. The molecule has 0 atom stereocenters. The predicted molar refractivity (Wildman–Crippen MR) is 109 cm³/mol. The molecule has 0 unspecified atom stereocenters. The summed E-state index contributed by atoms with van der Waals surface area (Å²) in [5.41, 5.74) is 1.04. The fraction of sp³-hybridized carbons (Fsp3) is 0.684. The minimum absolute atomic E-state index is 0.106. The molecule has 0 aliphatic carbocycles. The van der Waals surface area contributed by atoms with E-state index >= 15 is 0 Å². The maximum Gasteiger partial charge on any atom is 0.407 e. The molecule has 10 nitrogen and oxygen atoms in total. The van der Waals surface area contributed by atoms with E-state index in [-0.39, 0.29) is 12.1 Å². The van der Waals surface area contributed by atoms with Crippen LogP contribution in [0, 0.1) is 0 Å². The average molecular weight is 403 g/mol. The molecule has 2 aliphatic rings. The van der Waals surface area contributed by atoms with Gasteiger partial charge in [-0.05, 0) is 33.6 Å². The first-order valence-electron chi connectivity index (χ1n) is 10.2. The summed E-state index contributed by atoms with van der Waals surface area (Å²) >= 11 is 0. The van der Waals surface area contributed by atoms with Crippen molar-refractivity contribution in [3.63, 3.8) is 0 Å². The van der Waals surface area contributed by atoms with Crippen LogP contribution in [0.4, 0.5) is 16.6 Å². The van der Waals surface area contributed by atoms with Crippen molar-refractivity contribution in [1.82, 2.24) is 25.3 Å². The van der Waals surface area contributed by atoms with Crippen molar-refractivity contribution in [1.29, 1.82) is 0 Å². The summed E-state index contributed by atoms with van der Waals surface area (Å²) in [6, 6.07) is 0.106. The number of hydrogen-bond acceptors (Lipinski definition) is 8. The molecule has 2 aliphatic heterocycles. The summed E-state index contributed by atoms with van der Waals surface area (Å²) in [4.78, 5) is 33.3. The summed E-state index contributed by atoms with van der Waals surface area (Å²) in [5.74, 6) is 1.67. The number of aromatic amines is 1. The third kappa shape index (κ3) is 4.69. The van der Waals surface area contributed by atoms with Crippen LogP contribution in [0.15, 0.2) is 6.33 Å². The van der Waals surface area contributed by atoms with E-state index in [0.717, 1.165) is 56.3 Å². The highest BCUT2D eigenvalue weighted by Gasteiger charge is 2.26. The highest BCUT2D eigenvalue weighted by atomic mass is 16.6. The van der Waals surface area contributed by atoms with Crippen LogP contribution in [0.1, 0.15) is 33.6 Å². The lowest BCUT2D eigenvalue weighted by Gasteiger charge is -2.32. The van der Waals surface area contributed by atoms with Crippen molar-refractivity contribution < 1.29 is 14.3 Å². The largest absolute Gasteiger partial charge is 0.444 e. The van der Waals surface area contributed by atoms with Gasteiger partial charge in [-0.15, -0.1) is 0 Å². The van der Waals surface area contributed by atoms with E-state index in [1.807, 2.05) is 20.8 Å². The first-order valence-corrected chi connectivity index (χ1v) is 10.2. The topological polar surface area (TPSA) is 108 Å². The fourth-order valence-corrected chi connectivity index (χ4v) is 3.68. The van der Waals surface area contributed by atoms with Gasteiger partial charge in [0.25, 0.3) is 0 Å². The third-order valence-corrected chi connectivity index (χ3v) is 5.08. The molecule has 2 fully saturated rings. The molecule has 0 aromatic carbocycles. The van der Waals surface area contributed by atoms with Gasteiger partial charge in [-0.3, -0.25) is 0 Å². The van der Waals surface area contributed by atoms with Gasteiger partial charge >= 0.3 is 6.09 Å². The van der Waals surface area contributed by atoms with Gasteiger partial charge in [0.05, 0.1) is 13.2 Å². The molecular weight excluding hydrogens is 374 g/mol. The Labute approximate surface area is 170 Å². The summed E-state index contributed by atoms with van der Waals surface area (Å²) in [7, 11) is 0. The smallest absolute Gasteiger partial charge is 0.407 e. The zero-order valence-corrected chi connectivity index (χ0v) is 17.3. The number of H-pyrrole nitrogens is 1. The molecule has 0 spiro atoms. The number of fused-ring (bicyclic) bond motifs is 1. The highest BCUT2D eigenvalue weighted by Crippen LogP contribution is 2.26. The SMILES string of the molecule is CC(C)(C)OC(=O)NC1CCN(c2nc3ncnc(N4CCOCC4)c3[nH]2)CC1. The minimum Gasteiger partial charge on any atom is -0.444 e. The van der Waals surface area contributed by atoms with E-state index in [2.05, 4.69) is 35.1 Å². The van der Waals surface area contributed by atoms with Gasteiger partial charge in [0.2, 0.25) is 5.95 Å². The number of amides is 1. The number of hydrogen-bond donors (Lipinski definition) is 2. The molecule has 0 radical (unpaired) electrons. The van der Waals surface area contributed by atoms with Gasteiger partial charge < -0.3 is 29.6 Å². The molecule has 2 aromatic rings. The Hall–Kier alpha value is -2.62. The number of rotatable bonds is 3. The van der Waals surface area contributed by atoms with E-state index in [1.54, 1.807) is 6.33 Å². The lowest BCUT2D eigenvalue weighted by Crippen LogP contribution is -2.46. The number of nitrogens with zero attached hydrogens (tertiary/aromatic N) is 5. The second-order valence-corrected chi connectivity index (χ2v) is 8.46. The van der Waals surface area contributed by atoms with E-state index in [1.165, 1.54) is 0 Å². The maximum absolute atomic E-state index is 12.0. The second kappa shape index (κ2) is 8.02. The third-order valence-electron chi connectivity index (χ3n) is 5.08. The van der Waals surface area contributed by atoms with Crippen molar-refractivity contribution in [3.8, 4) is 0 Å². The molecule has 2 aromatic heterocycles. The van der Waals surface area contributed by atoms with Crippen LogP contribution in [0.3, 0.4) is 0 Å². The lowest BCUT2D eigenvalue weighted by atomic mass is 10.1. The first-order chi connectivity index (χ1) is 13.9. The van der Waals surface area contributed by atoms with Crippen LogP contribution in [-0.4, -0.2) is 77.1 Å². The van der Waals surface area contributed by atoms with Crippen LogP contribution in [0.2, 0.25) is 0 Å². The van der Waals surface area contributed by atoms with Crippen molar-refractivity contribution in [2.24, 2.45) is 0 Å². The highest BCUT2D eigenvalue weighted by molar-refractivity contribution is 5.85. The van der Waals surface area contributed by atoms with Crippen LogP contribution >= 0.6 is 0 Å². The van der Waals surface area contributed by atoms with E-state index in [4.69, 9.17) is 9.47 Å². The zero-order chi connectivity index (χ0) is 20.4. The van der Waals surface area contributed by atoms with Crippen molar-refractivity contribution in [3.05, 3.63) is 6.33 Å². The standard InChI is InChI=1S/C19H29N7O3/c1-19(2,3)29-18(27)22-13-4-6-26(7-5-13)17-23-14-15(24-17)20-12-21-16(14)25-8-10-28-11-9-25/h12-13H,4-11H2,1-3H3,(H,22,27)(H,20,21,23,24). The van der Waals surface area contributed by atoms with Gasteiger partial charge in [-0.2, -0.15) is 4.98 Å². The van der Waals surface area contributed by atoms with Gasteiger partial charge in [0, 0.05) is 32.2 Å². The molecule has 10 heteroatoms. The summed E-state index contributed by atoms with van der Waals surface area (Å²) in [6.07, 6.45) is 2.87. The Balaban J connectivity index is 1.40. The number of morpholine rings is 1. The molecule has 1 amide bonds. The monoisotopic (exact) mass is 403 g/mol. The average Bonchev–Trinajstić information content (AvgIpc) is 3.12. The number of imidazole rings is 1. The quantitative estimate of drug-likeness (QED) is 0.797. The fourth-order valence-electron chi connectivity index (χ4n) is 3.68. The molecule has 2 saturated heterocycles. The number of carbonyl (C=O) groups excluding carboxylic acids is 1. The lowest BCUT2D eigenvalue weighted by molar-refractivity contribution is 0.0497. The van der Waals surface area contributed by atoms with Gasteiger partial charge in [0.15, 0.2) is 11.5 Å². The van der Waals surface area contributed by atoms with Crippen molar-refractivity contribution >= 4 is 29.0 Å². The van der Waals surface area contributed by atoms with Crippen LogP contribution in [0.5, 0.6) is 0 Å². The number of carbonyl (C=O) groups is 1. The molecule has 0 saturated carbocycles. The molecule has 0 bridgehead atoms. The van der Waals surface area contributed by atoms with E-state index < -0.39 is 5.60 Å². The molecule has 2 N–H and O–H groups in total. The normalized spacial score (nSPS) is 18.9. The minimum atomic E-state index is -0.488. The summed E-state index contributed by atoms with van der Waals surface area (Å²) in [5, 5.41) is 2.97. The predicted octanol–water partition coefficient (Wildman–Crippen LogP) is 1.68. The number of alkyl carbamates (subject to hydrolysis) is 1. The number of ether oxygens (including phenoxy) is 2. The Morgan fingerprint density at radius 1 is 1.17 bits per heavy atom. The van der Waals surface area contributed by atoms with Gasteiger partial charge in [0.1, 0.15) is 17.4 Å². The van der Waals surface area contributed by atoms with Crippen LogP contribution in [-0.2, 0) is 9.47 Å². The van der Waals surface area contributed by atoms with E-state index in [0.29, 0.717) is 18.9 Å². The molecule has 29 heavy (non-hydrogen) atoms. The number of piperidine rings is 1. The van der Waals surface area contributed by atoms with Gasteiger partial charge in [-0.1, -0.05) is 0 Å². The number of anilines is 2. The number of aromatic nitrogens is 4. The molecule has 4 heterocycles. The van der Waals surface area contributed by atoms with Crippen LogP contribution < -0.4 is 15.1 Å². The first kappa shape index (κ1) is 19.7. The van der Waals surface area contributed by atoms with Crippen molar-refractivity contribution in [2.75, 3.05) is 49.2 Å². The maximum atomic E-state index is 12.0.